The Balaban J connectivity index is 2.71. The first-order valence-corrected chi connectivity index (χ1v) is 5.60. The Morgan fingerprint density at radius 3 is 2.80 bits per heavy atom. The van der Waals surface area contributed by atoms with Crippen molar-refractivity contribution in [1.29, 1.82) is 0 Å². The number of carbonyl (C=O) groups excluding carboxylic acids is 1. The van der Waals surface area contributed by atoms with Crippen molar-refractivity contribution in [1.82, 2.24) is 0 Å². The monoisotopic (exact) mass is 271 g/mol. The Morgan fingerprint density at radius 2 is 2.27 bits per heavy atom. The van der Waals surface area contributed by atoms with Gasteiger partial charge in [-0.25, -0.2) is 0 Å². The SMILES string of the molecule is CCCC(=O)Nc1ccc(OC)c(Br)c1. The maximum absolute atomic E-state index is 11.3. The fraction of sp³-hybridized carbons (Fsp3) is 0.364. The first-order chi connectivity index (χ1) is 7.17. The van der Waals surface area contributed by atoms with Crippen LogP contribution in [0.3, 0.4) is 0 Å². The van der Waals surface area contributed by atoms with Crippen LogP contribution in [-0.4, -0.2) is 13.0 Å². The Hall–Kier alpha value is -1.03. The molecule has 0 aliphatic rings. The van der Waals surface area contributed by atoms with Crippen molar-refractivity contribution in [2.45, 2.75) is 19.8 Å². The highest BCUT2D eigenvalue weighted by Crippen LogP contribution is 2.27. The van der Waals surface area contributed by atoms with E-state index in [0.717, 1.165) is 22.3 Å². The summed E-state index contributed by atoms with van der Waals surface area (Å²) in [5.74, 6) is 0.790. The fourth-order valence-corrected chi connectivity index (χ4v) is 1.74. The van der Waals surface area contributed by atoms with Gasteiger partial charge in [-0.15, -0.1) is 0 Å². The molecule has 0 aromatic heterocycles. The number of carbonyl (C=O) groups is 1. The van der Waals surface area contributed by atoms with E-state index in [4.69, 9.17) is 4.74 Å². The van der Waals surface area contributed by atoms with E-state index in [9.17, 15) is 4.79 Å². The maximum atomic E-state index is 11.3. The van der Waals surface area contributed by atoms with Gasteiger partial charge in [0, 0.05) is 12.1 Å². The number of hydrogen-bond acceptors (Lipinski definition) is 2. The normalized spacial score (nSPS) is 9.80. The van der Waals surface area contributed by atoms with Crippen LogP contribution in [0.15, 0.2) is 22.7 Å². The lowest BCUT2D eigenvalue weighted by atomic mass is 10.2. The summed E-state index contributed by atoms with van der Waals surface area (Å²) in [5, 5.41) is 2.81. The van der Waals surface area contributed by atoms with Crippen LogP contribution in [0.2, 0.25) is 0 Å². The molecule has 3 nitrogen and oxygen atoms in total. The number of rotatable bonds is 4. The summed E-state index contributed by atoms with van der Waals surface area (Å²) in [4.78, 5) is 11.3. The molecular formula is C11H14BrNO2. The highest BCUT2D eigenvalue weighted by Gasteiger charge is 2.04. The van der Waals surface area contributed by atoms with Crippen molar-refractivity contribution in [2.24, 2.45) is 0 Å². The van der Waals surface area contributed by atoms with E-state index >= 15 is 0 Å². The lowest BCUT2D eigenvalue weighted by Gasteiger charge is -2.07. The van der Waals surface area contributed by atoms with Gasteiger partial charge in [0.05, 0.1) is 11.6 Å². The zero-order chi connectivity index (χ0) is 11.3. The highest BCUT2D eigenvalue weighted by molar-refractivity contribution is 9.10. The molecule has 0 spiro atoms. The van der Waals surface area contributed by atoms with Gasteiger partial charge in [-0.2, -0.15) is 0 Å². The molecule has 1 amide bonds. The molecule has 0 aliphatic heterocycles. The van der Waals surface area contributed by atoms with Crippen LogP contribution < -0.4 is 10.1 Å². The highest BCUT2D eigenvalue weighted by atomic mass is 79.9. The Bertz CT molecular complexity index is 352. The van der Waals surface area contributed by atoms with E-state index in [1.165, 1.54) is 0 Å². The quantitative estimate of drug-likeness (QED) is 0.914. The molecule has 0 heterocycles. The molecule has 82 valence electrons. The largest absolute Gasteiger partial charge is 0.496 e. The van der Waals surface area contributed by atoms with Crippen LogP contribution in [0.25, 0.3) is 0 Å². The number of nitrogens with one attached hydrogen (secondary N) is 1. The number of halogens is 1. The average Bonchev–Trinajstić information content (AvgIpc) is 2.18. The van der Waals surface area contributed by atoms with Gasteiger partial charge in [0.15, 0.2) is 0 Å². The van der Waals surface area contributed by atoms with Crippen LogP contribution in [0.4, 0.5) is 5.69 Å². The Morgan fingerprint density at radius 1 is 1.53 bits per heavy atom. The van der Waals surface area contributed by atoms with Gasteiger partial charge in [-0.05, 0) is 40.5 Å². The lowest BCUT2D eigenvalue weighted by Crippen LogP contribution is -2.10. The topological polar surface area (TPSA) is 38.3 Å². The minimum absolute atomic E-state index is 0.0366. The summed E-state index contributed by atoms with van der Waals surface area (Å²) in [6.07, 6.45) is 1.40. The molecule has 0 saturated carbocycles. The molecule has 0 fully saturated rings. The number of ether oxygens (including phenoxy) is 1. The molecule has 0 radical (unpaired) electrons. The van der Waals surface area contributed by atoms with Crippen molar-refractivity contribution in [2.75, 3.05) is 12.4 Å². The molecule has 4 heteroatoms. The third-order valence-corrected chi connectivity index (χ3v) is 2.53. The summed E-state index contributed by atoms with van der Waals surface area (Å²) in [5.41, 5.74) is 0.779. The molecule has 1 aromatic rings. The number of benzene rings is 1. The van der Waals surface area contributed by atoms with E-state index in [2.05, 4.69) is 21.2 Å². The molecule has 15 heavy (non-hydrogen) atoms. The van der Waals surface area contributed by atoms with Gasteiger partial charge >= 0.3 is 0 Å². The number of hydrogen-bond donors (Lipinski definition) is 1. The van der Waals surface area contributed by atoms with Gasteiger partial charge in [-0.3, -0.25) is 4.79 Å². The lowest BCUT2D eigenvalue weighted by molar-refractivity contribution is -0.116. The van der Waals surface area contributed by atoms with Crippen LogP contribution in [-0.2, 0) is 4.79 Å². The van der Waals surface area contributed by atoms with Crippen molar-refractivity contribution >= 4 is 27.5 Å². The number of methoxy groups -OCH3 is 1. The van der Waals surface area contributed by atoms with Crippen LogP contribution in [0.1, 0.15) is 19.8 Å². The smallest absolute Gasteiger partial charge is 0.224 e. The van der Waals surface area contributed by atoms with E-state index in [1.807, 2.05) is 25.1 Å². The molecule has 0 unspecified atom stereocenters. The molecule has 0 bridgehead atoms. The summed E-state index contributed by atoms with van der Waals surface area (Å²) >= 11 is 3.36. The zero-order valence-corrected chi connectivity index (χ0v) is 10.4. The second kappa shape index (κ2) is 5.75. The standard InChI is InChI=1S/C11H14BrNO2/c1-3-4-11(14)13-8-5-6-10(15-2)9(12)7-8/h5-7H,3-4H2,1-2H3,(H,13,14). The Kier molecular flexibility index (Phi) is 4.62. The first kappa shape index (κ1) is 12.0. The van der Waals surface area contributed by atoms with Crippen molar-refractivity contribution in [3.63, 3.8) is 0 Å². The van der Waals surface area contributed by atoms with E-state index in [-0.39, 0.29) is 5.91 Å². The summed E-state index contributed by atoms with van der Waals surface area (Å²) in [6.45, 7) is 1.98. The molecule has 1 rings (SSSR count). The molecule has 0 atom stereocenters. The second-order valence-corrected chi connectivity index (χ2v) is 4.00. The summed E-state index contributed by atoms with van der Waals surface area (Å²) < 4.78 is 5.93. The van der Waals surface area contributed by atoms with E-state index in [0.29, 0.717) is 6.42 Å². The minimum atomic E-state index is 0.0366. The minimum Gasteiger partial charge on any atom is -0.496 e. The second-order valence-electron chi connectivity index (χ2n) is 3.15. The Labute approximate surface area is 97.9 Å². The average molecular weight is 272 g/mol. The van der Waals surface area contributed by atoms with Gasteiger partial charge < -0.3 is 10.1 Å². The molecule has 0 aliphatic carbocycles. The van der Waals surface area contributed by atoms with E-state index in [1.54, 1.807) is 7.11 Å². The van der Waals surface area contributed by atoms with Gasteiger partial charge in [-0.1, -0.05) is 6.92 Å². The van der Waals surface area contributed by atoms with Gasteiger partial charge in [0.25, 0.3) is 0 Å². The molecule has 1 N–H and O–H groups in total. The van der Waals surface area contributed by atoms with Gasteiger partial charge in [0.1, 0.15) is 5.75 Å². The fourth-order valence-electron chi connectivity index (χ4n) is 1.19. The third kappa shape index (κ3) is 3.55. The molecule has 0 saturated heterocycles. The van der Waals surface area contributed by atoms with Crippen LogP contribution >= 0.6 is 15.9 Å². The summed E-state index contributed by atoms with van der Waals surface area (Å²) in [7, 11) is 1.61. The predicted octanol–water partition coefficient (Wildman–Crippen LogP) is 3.20. The molecule has 1 aromatic carbocycles. The van der Waals surface area contributed by atoms with Crippen LogP contribution in [0, 0.1) is 0 Å². The number of anilines is 1. The van der Waals surface area contributed by atoms with Crippen molar-refractivity contribution < 1.29 is 9.53 Å². The maximum Gasteiger partial charge on any atom is 0.224 e. The third-order valence-electron chi connectivity index (χ3n) is 1.91. The predicted molar refractivity (Wildman–Crippen MR) is 64.2 cm³/mol. The van der Waals surface area contributed by atoms with Gasteiger partial charge in [0.2, 0.25) is 5.91 Å². The van der Waals surface area contributed by atoms with Crippen molar-refractivity contribution in [3.8, 4) is 5.75 Å². The van der Waals surface area contributed by atoms with Crippen molar-refractivity contribution in [3.05, 3.63) is 22.7 Å². The zero-order valence-electron chi connectivity index (χ0n) is 8.84. The number of amides is 1. The summed E-state index contributed by atoms with van der Waals surface area (Å²) in [6, 6.07) is 5.45. The van der Waals surface area contributed by atoms with Crippen LogP contribution in [0.5, 0.6) is 5.75 Å². The first-order valence-electron chi connectivity index (χ1n) is 4.80. The molecular weight excluding hydrogens is 258 g/mol. The van der Waals surface area contributed by atoms with E-state index < -0.39 is 0 Å².